The Morgan fingerprint density at radius 3 is 2.05 bits per heavy atom. The number of hydrogen-bond donors (Lipinski definition) is 2. The summed E-state index contributed by atoms with van der Waals surface area (Å²) in [5, 5.41) is 6.43. The maximum absolute atomic E-state index is 11.9. The summed E-state index contributed by atoms with van der Waals surface area (Å²) in [7, 11) is 1.70. The second-order valence-electron chi connectivity index (χ2n) is 6.18. The van der Waals surface area contributed by atoms with Gasteiger partial charge in [0.1, 0.15) is 0 Å². The highest BCUT2D eigenvalue weighted by atomic mass is 35.5. The van der Waals surface area contributed by atoms with E-state index in [4.69, 9.17) is 23.2 Å². The minimum absolute atomic E-state index is 0.0850. The molecule has 0 atom stereocenters. The third kappa shape index (κ3) is 7.64. The van der Waals surface area contributed by atoms with Crippen molar-refractivity contribution in [2.24, 2.45) is 0 Å². The van der Waals surface area contributed by atoms with Gasteiger partial charge in [0.15, 0.2) is 0 Å². The molecule has 22 heavy (non-hydrogen) atoms. The number of hydrogen-bond acceptors (Lipinski definition) is 3. The van der Waals surface area contributed by atoms with E-state index in [0.717, 1.165) is 0 Å². The van der Waals surface area contributed by atoms with Gasteiger partial charge in [-0.25, -0.2) is 0 Å². The first kappa shape index (κ1) is 18.7. The standard InChI is InChI=1S/C15H21Cl2N3O2/c1-15(2,3)19-14(22)9-20(4)8-13(21)18-12-6-10(16)5-11(17)7-12/h5-7H,8-9H2,1-4H3,(H,18,21)(H,19,22). The van der Waals surface area contributed by atoms with E-state index in [1.54, 1.807) is 30.1 Å². The van der Waals surface area contributed by atoms with Crippen LogP contribution in [0.3, 0.4) is 0 Å². The van der Waals surface area contributed by atoms with Gasteiger partial charge in [0, 0.05) is 21.3 Å². The highest BCUT2D eigenvalue weighted by Crippen LogP contribution is 2.22. The minimum atomic E-state index is -0.294. The Balaban J connectivity index is 2.49. The third-order valence-electron chi connectivity index (χ3n) is 2.49. The predicted molar refractivity (Wildman–Crippen MR) is 90.5 cm³/mol. The van der Waals surface area contributed by atoms with Crippen molar-refractivity contribution in [1.82, 2.24) is 10.2 Å². The normalized spacial score (nSPS) is 11.4. The van der Waals surface area contributed by atoms with E-state index in [2.05, 4.69) is 10.6 Å². The lowest BCUT2D eigenvalue weighted by Gasteiger charge is -2.23. The number of halogens is 2. The summed E-state index contributed by atoms with van der Waals surface area (Å²) in [6.07, 6.45) is 0. The summed E-state index contributed by atoms with van der Waals surface area (Å²) in [4.78, 5) is 25.3. The van der Waals surface area contributed by atoms with Gasteiger partial charge in [0.05, 0.1) is 13.1 Å². The molecule has 0 aromatic heterocycles. The van der Waals surface area contributed by atoms with E-state index in [1.807, 2.05) is 20.8 Å². The topological polar surface area (TPSA) is 61.4 Å². The maximum Gasteiger partial charge on any atom is 0.238 e. The molecule has 0 aliphatic carbocycles. The molecule has 1 aromatic rings. The number of likely N-dealkylation sites (N-methyl/N-ethyl adjacent to an activating group) is 1. The number of nitrogens with zero attached hydrogens (tertiary/aromatic N) is 1. The first-order chi connectivity index (χ1) is 10.0. The number of amides is 2. The number of anilines is 1. The lowest BCUT2D eigenvalue weighted by atomic mass is 10.1. The molecule has 0 spiro atoms. The highest BCUT2D eigenvalue weighted by molar-refractivity contribution is 6.35. The fourth-order valence-corrected chi connectivity index (χ4v) is 2.36. The number of carbonyl (C=O) groups excluding carboxylic acids is 2. The summed E-state index contributed by atoms with van der Waals surface area (Å²) >= 11 is 11.7. The first-order valence-electron chi connectivity index (χ1n) is 6.81. The Hall–Kier alpha value is -1.30. The fourth-order valence-electron chi connectivity index (χ4n) is 1.83. The summed E-state index contributed by atoms with van der Waals surface area (Å²) < 4.78 is 0. The smallest absolute Gasteiger partial charge is 0.238 e. The second kappa shape index (κ2) is 7.81. The zero-order valence-electron chi connectivity index (χ0n) is 13.2. The van der Waals surface area contributed by atoms with Crippen molar-refractivity contribution >= 4 is 40.7 Å². The molecule has 0 saturated heterocycles. The SMILES string of the molecule is CN(CC(=O)Nc1cc(Cl)cc(Cl)c1)CC(=O)NC(C)(C)C. The summed E-state index contributed by atoms with van der Waals surface area (Å²) in [6.45, 7) is 5.93. The quantitative estimate of drug-likeness (QED) is 0.862. The average molecular weight is 346 g/mol. The molecule has 122 valence electrons. The van der Waals surface area contributed by atoms with Crippen molar-refractivity contribution in [3.63, 3.8) is 0 Å². The van der Waals surface area contributed by atoms with Crippen LogP contribution in [0.25, 0.3) is 0 Å². The van der Waals surface area contributed by atoms with Crippen LogP contribution in [0.5, 0.6) is 0 Å². The lowest BCUT2D eigenvalue weighted by molar-refractivity contribution is -0.124. The molecule has 1 aromatic carbocycles. The largest absolute Gasteiger partial charge is 0.350 e. The van der Waals surface area contributed by atoms with Crippen molar-refractivity contribution in [2.75, 3.05) is 25.5 Å². The van der Waals surface area contributed by atoms with E-state index in [1.165, 1.54) is 0 Å². The molecule has 0 fully saturated rings. The number of rotatable bonds is 5. The van der Waals surface area contributed by atoms with E-state index < -0.39 is 0 Å². The second-order valence-corrected chi connectivity index (χ2v) is 7.05. The number of benzene rings is 1. The van der Waals surface area contributed by atoms with Gasteiger partial charge >= 0.3 is 0 Å². The molecule has 2 N–H and O–H groups in total. The van der Waals surface area contributed by atoms with Crippen LogP contribution in [-0.4, -0.2) is 42.4 Å². The minimum Gasteiger partial charge on any atom is -0.350 e. The molecule has 0 bridgehead atoms. The molecule has 5 nitrogen and oxygen atoms in total. The van der Waals surface area contributed by atoms with Crippen molar-refractivity contribution < 1.29 is 9.59 Å². The number of carbonyl (C=O) groups is 2. The van der Waals surface area contributed by atoms with Crippen LogP contribution in [0, 0.1) is 0 Å². The number of nitrogens with one attached hydrogen (secondary N) is 2. The van der Waals surface area contributed by atoms with Crippen LogP contribution >= 0.6 is 23.2 Å². The zero-order valence-corrected chi connectivity index (χ0v) is 14.7. The molecule has 0 unspecified atom stereocenters. The molecule has 0 radical (unpaired) electrons. The first-order valence-corrected chi connectivity index (χ1v) is 7.56. The highest BCUT2D eigenvalue weighted by Gasteiger charge is 2.16. The summed E-state index contributed by atoms with van der Waals surface area (Å²) in [5.74, 6) is -0.377. The van der Waals surface area contributed by atoms with Crippen molar-refractivity contribution in [2.45, 2.75) is 26.3 Å². The van der Waals surface area contributed by atoms with E-state index in [0.29, 0.717) is 15.7 Å². The fraction of sp³-hybridized carbons (Fsp3) is 0.467. The third-order valence-corrected chi connectivity index (χ3v) is 2.92. The summed E-state index contributed by atoms with van der Waals surface area (Å²) in [6, 6.07) is 4.80. The molecule has 1 rings (SSSR count). The zero-order chi connectivity index (χ0) is 16.9. The van der Waals surface area contributed by atoms with Gasteiger partial charge in [-0.2, -0.15) is 0 Å². The van der Waals surface area contributed by atoms with Crippen LogP contribution in [-0.2, 0) is 9.59 Å². The van der Waals surface area contributed by atoms with Crippen molar-refractivity contribution in [3.05, 3.63) is 28.2 Å². The molecule has 0 heterocycles. The molecule has 2 amide bonds. The molecular weight excluding hydrogens is 325 g/mol. The van der Waals surface area contributed by atoms with Gasteiger partial charge in [-0.05, 0) is 46.0 Å². The van der Waals surface area contributed by atoms with E-state index >= 15 is 0 Å². The van der Waals surface area contributed by atoms with Gasteiger partial charge in [-0.1, -0.05) is 23.2 Å². The molecule has 7 heteroatoms. The van der Waals surface area contributed by atoms with Gasteiger partial charge in [0.25, 0.3) is 0 Å². The lowest BCUT2D eigenvalue weighted by Crippen LogP contribution is -2.46. The van der Waals surface area contributed by atoms with Crippen molar-refractivity contribution in [1.29, 1.82) is 0 Å². The Morgan fingerprint density at radius 1 is 1.05 bits per heavy atom. The van der Waals surface area contributed by atoms with Gasteiger partial charge in [-0.15, -0.1) is 0 Å². The Kier molecular flexibility index (Phi) is 6.66. The Morgan fingerprint density at radius 2 is 1.55 bits per heavy atom. The van der Waals surface area contributed by atoms with Crippen LogP contribution in [0.2, 0.25) is 10.0 Å². The van der Waals surface area contributed by atoms with Crippen LogP contribution in [0.4, 0.5) is 5.69 Å². The molecular formula is C15H21Cl2N3O2. The Bertz CT molecular complexity index is 536. The van der Waals surface area contributed by atoms with Gasteiger partial charge < -0.3 is 10.6 Å². The van der Waals surface area contributed by atoms with E-state index in [9.17, 15) is 9.59 Å². The average Bonchev–Trinajstić information content (AvgIpc) is 2.22. The van der Waals surface area contributed by atoms with Crippen molar-refractivity contribution in [3.8, 4) is 0 Å². The van der Waals surface area contributed by atoms with Gasteiger partial charge in [-0.3, -0.25) is 14.5 Å². The molecule has 0 saturated carbocycles. The maximum atomic E-state index is 11.9. The molecule has 0 aliphatic heterocycles. The monoisotopic (exact) mass is 345 g/mol. The van der Waals surface area contributed by atoms with Crippen LogP contribution in [0.15, 0.2) is 18.2 Å². The predicted octanol–water partition coefficient (Wildman–Crippen LogP) is 2.78. The molecule has 0 aliphatic rings. The Labute approximate surface area is 141 Å². The van der Waals surface area contributed by atoms with Crippen LogP contribution in [0.1, 0.15) is 20.8 Å². The van der Waals surface area contributed by atoms with E-state index in [-0.39, 0.29) is 30.4 Å². The van der Waals surface area contributed by atoms with Gasteiger partial charge in [0.2, 0.25) is 11.8 Å². The van der Waals surface area contributed by atoms with Crippen LogP contribution < -0.4 is 10.6 Å². The summed E-state index contributed by atoms with van der Waals surface area (Å²) in [5.41, 5.74) is 0.229.